The van der Waals surface area contributed by atoms with E-state index in [0.29, 0.717) is 5.57 Å². The molecular formula is C24H31ClO10. The minimum absolute atomic E-state index is 0.347. The van der Waals surface area contributed by atoms with Crippen molar-refractivity contribution >= 4 is 29.5 Å². The molecule has 5 aliphatic rings. The fraction of sp³-hybridized carbons (Fsp3) is 0.792. The van der Waals surface area contributed by atoms with E-state index in [2.05, 4.69) is 6.58 Å². The van der Waals surface area contributed by atoms with Gasteiger partial charge in [0, 0.05) is 25.2 Å². The molecule has 0 aromatic heterocycles. The first-order chi connectivity index (χ1) is 16.3. The van der Waals surface area contributed by atoms with E-state index in [1.165, 1.54) is 20.8 Å². The van der Waals surface area contributed by atoms with Gasteiger partial charge >= 0.3 is 17.9 Å². The Balaban J connectivity index is 1.75. The summed E-state index contributed by atoms with van der Waals surface area (Å²) >= 11 is 6.74. The Morgan fingerprint density at radius 3 is 2.26 bits per heavy atom. The number of epoxide rings is 2. The van der Waals surface area contributed by atoms with Gasteiger partial charge in [-0.3, -0.25) is 14.4 Å². The summed E-state index contributed by atoms with van der Waals surface area (Å²) in [6, 6.07) is 0. The van der Waals surface area contributed by atoms with Gasteiger partial charge in [-0.2, -0.15) is 0 Å². The van der Waals surface area contributed by atoms with Crippen molar-refractivity contribution in [2.24, 2.45) is 23.2 Å². The minimum atomic E-state index is -2.08. The summed E-state index contributed by atoms with van der Waals surface area (Å²) in [4.78, 5) is 37.4. The summed E-state index contributed by atoms with van der Waals surface area (Å²) in [6.45, 7) is 11.6. The topological polar surface area (TPSA) is 144 Å². The number of carbonyl (C=O) groups excluding carboxylic acids is 3. The fourth-order valence-electron chi connectivity index (χ4n) is 6.93. The number of fused-ring (bicyclic) bond motifs is 5. The second-order valence-corrected chi connectivity index (χ2v) is 11.3. The molecule has 3 aliphatic heterocycles. The number of halogens is 1. The lowest BCUT2D eigenvalue weighted by molar-refractivity contribution is -0.224. The van der Waals surface area contributed by atoms with Gasteiger partial charge in [0.25, 0.3) is 0 Å². The van der Waals surface area contributed by atoms with Gasteiger partial charge in [0.1, 0.15) is 30.5 Å². The van der Waals surface area contributed by atoms with Crippen molar-refractivity contribution < 1.29 is 48.3 Å². The van der Waals surface area contributed by atoms with E-state index < -0.39 is 101 Å². The number of carbonyl (C=O) groups is 3. The van der Waals surface area contributed by atoms with Crippen molar-refractivity contribution in [2.75, 3.05) is 0 Å². The summed E-state index contributed by atoms with van der Waals surface area (Å²) in [5.41, 5.74) is -2.82. The van der Waals surface area contributed by atoms with Gasteiger partial charge in [0.2, 0.25) is 0 Å². The molecule has 2 aliphatic carbocycles. The van der Waals surface area contributed by atoms with Gasteiger partial charge in [0.05, 0.1) is 23.5 Å². The molecule has 14 unspecified atom stereocenters. The molecule has 0 aromatic rings. The van der Waals surface area contributed by atoms with E-state index in [9.17, 15) is 24.6 Å². The number of hydrogen-bond acceptors (Lipinski definition) is 10. The second-order valence-electron chi connectivity index (χ2n) is 10.8. The molecule has 0 bridgehead atoms. The molecule has 11 heteroatoms. The van der Waals surface area contributed by atoms with Gasteiger partial charge in [-0.15, -0.1) is 11.6 Å². The highest BCUT2D eigenvalue weighted by atomic mass is 35.5. The Kier molecular flexibility index (Phi) is 5.62. The lowest BCUT2D eigenvalue weighted by atomic mass is 9.53. The van der Waals surface area contributed by atoms with Gasteiger partial charge < -0.3 is 33.9 Å². The Labute approximate surface area is 207 Å². The first kappa shape index (κ1) is 25.0. The number of alkyl halides is 1. The third kappa shape index (κ3) is 3.33. The van der Waals surface area contributed by atoms with Crippen LogP contribution in [0.1, 0.15) is 34.6 Å². The summed E-state index contributed by atoms with van der Waals surface area (Å²) in [5, 5.41) is 22.2. The molecule has 10 nitrogen and oxygen atoms in total. The summed E-state index contributed by atoms with van der Waals surface area (Å²) < 4.78 is 29.0. The number of aliphatic hydroxyl groups excluding tert-OH is 1. The minimum Gasteiger partial charge on any atom is -0.459 e. The third-order valence-corrected chi connectivity index (χ3v) is 9.34. The maximum Gasteiger partial charge on any atom is 0.312 e. The number of rotatable bonds is 2. The summed E-state index contributed by atoms with van der Waals surface area (Å²) in [5.74, 6) is -4.53. The number of hydrogen-bond donors (Lipinski definition) is 2. The van der Waals surface area contributed by atoms with Crippen molar-refractivity contribution in [3.63, 3.8) is 0 Å². The Morgan fingerprint density at radius 1 is 1.06 bits per heavy atom. The molecule has 35 heavy (non-hydrogen) atoms. The van der Waals surface area contributed by atoms with Crippen LogP contribution < -0.4 is 0 Å². The van der Waals surface area contributed by atoms with Crippen LogP contribution in [-0.4, -0.2) is 87.9 Å². The smallest absolute Gasteiger partial charge is 0.312 e. The zero-order valence-corrected chi connectivity index (χ0v) is 20.9. The van der Waals surface area contributed by atoms with E-state index in [0.717, 1.165) is 0 Å². The molecule has 14 atom stereocenters. The van der Waals surface area contributed by atoms with Crippen LogP contribution >= 0.6 is 11.6 Å². The van der Waals surface area contributed by atoms with Gasteiger partial charge in [-0.1, -0.05) is 20.4 Å². The standard InChI is InChI=1S/C24H31ClO10/c1-7-12-18(31-10(4)26)24(30)9(3)22(29)35-19(24)13(25)8(2)15-17(33-15)21(32-11(5)27)23(12,6)20-16(34-20)14(7)28/h7,9,12-21,28,30H,2H2,1,3-6H3. The van der Waals surface area contributed by atoms with Crippen molar-refractivity contribution in [1.82, 2.24) is 0 Å². The van der Waals surface area contributed by atoms with Crippen LogP contribution in [0.3, 0.4) is 0 Å². The molecule has 0 radical (unpaired) electrons. The molecule has 3 heterocycles. The van der Waals surface area contributed by atoms with E-state index in [1.807, 2.05) is 6.92 Å². The van der Waals surface area contributed by atoms with Crippen molar-refractivity contribution in [3.8, 4) is 0 Å². The predicted molar refractivity (Wildman–Crippen MR) is 118 cm³/mol. The number of aliphatic hydroxyl groups is 2. The average Bonchev–Trinajstić information content (AvgIpc) is 3.69. The van der Waals surface area contributed by atoms with Crippen LogP contribution in [0.15, 0.2) is 12.2 Å². The van der Waals surface area contributed by atoms with Crippen molar-refractivity contribution in [2.45, 2.75) is 94.4 Å². The molecule has 5 fully saturated rings. The maximum absolute atomic E-state index is 12.8. The summed E-state index contributed by atoms with van der Waals surface area (Å²) in [7, 11) is 0. The van der Waals surface area contributed by atoms with Crippen LogP contribution in [0, 0.1) is 23.2 Å². The highest BCUT2D eigenvalue weighted by molar-refractivity contribution is 6.23. The van der Waals surface area contributed by atoms with Crippen molar-refractivity contribution in [3.05, 3.63) is 12.2 Å². The molecule has 2 N–H and O–H groups in total. The van der Waals surface area contributed by atoms with Gasteiger partial charge in [-0.25, -0.2) is 0 Å². The Morgan fingerprint density at radius 2 is 1.66 bits per heavy atom. The first-order valence-corrected chi connectivity index (χ1v) is 12.3. The molecule has 2 saturated carbocycles. The molecular weight excluding hydrogens is 484 g/mol. The molecule has 0 spiro atoms. The highest BCUT2D eigenvalue weighted by Gasteiger charge is 2.77. The number of ether oxygens (including phenoxy) is 5. The van der Waals surface area contributed by atoms with E-state index in [4.69, 9.17) is 35.3 Å². The monoisotopic (exact) mass is 514 g/mol. The lowest BCUT2D eigenvalue weighted by Gasteiger charge is -2.54. The van der Waals surface area contributed by atoms with Crippen LogP contribution in [0.5, 0.6) is 0 Å². The fourth-order valence-corrected chi connectivity index (χ4v) is 7.31. The SMILES string of the molecule is C=C1C(Cl)C2OC(=O)C(C)C2(O)C(OC(C)=O)C2C(C)C(O)C3OC3C2(C)C(OC(C)=O)C2OC12. The largest absolute Gasteiger partial charge is 0.459 e. The van der Waals surface area contributed by atoms with Gasteiger partial charge in [-0.05, 0) is 18.4 Å². The normalized spacial score (nSPS) is 54.3. The molecule has 3 saturated heterocycles. The van der Waals surface area contributed by atoms with Gasteiger partial charge in [0.15, 0.2) is 11.7 Å². The second kappa shape index (κ2) is 7.89. The Hall–Kier alpha value is -1.72. The zero-order valence-electron chi connectivity index (χ0n) is 20.2. The molecule has 0 aromatic carbocycles. The Bertz CT molecular complexity index is 985. The summed E-state index contributed by atoms with van der Waals surface area (Å²) in [6.07, 6.45) is -6.89. The number of esters is 3. The lowest BCUT2D eigenvalue weighted by Crippen LogP contribution is -2.69. The van der Waals surface area contributed by atoms with E-state index >= 15 is 0 Å². The molecule has 5 rings (SSSR count). The predicted octanol–water partition coefficient (Wildman–Crippen LogP) is 0.488. The molecule has 194 valence electrons. The van der Waals surface area contributed by atoms with Crippen LogP contribution in [0.2, 0.25) is 0 Å². The highest BCUT2D eigenvalue weighted by Crippen LogP contribution is 2.63. The van der Waals surface area contributed by atoms with Crippen molar-refractivity contribution in [1.29, 1.82) is 0 Å². The van der Waals surface area contributed by atoms with E-state index in [-0.39, 0.29) is 0 Å². The third-order valence-electron chi connectivity index (χ3n) is 8.83. The first-order valence-electron chi connectivity index (χ1n) is 11.8. The average molecular weight is 515 g/mol. The maximum atomic E-state index is 12.8. The quantitative estimate of drug-likeness (QED) is 0.175. The van der Waals surface area contributed by atoms with E-state index in [1.54, 1.807) is 6.92 Å². The van der Waals surface area contributed by atoms with Crippen LogP contribution in [0.4, 0.5) is 0 Å². The van der Waals surface area contributed by atoms with Crippen LogP contribution in [0.25, 0.3) is 0 Å². The van der Waals surface area contributed by atoms with Crippen LogP contribution in [-0.2, 0) is 38.1 Å². The zero-order chi connectivity index (χ0) is 25.8. The molecule has 0 amide bonds.